The summed E-state index contributed by atoms with van der Waals surface area (Å²) in [5.74, 6) is 0. The molecule has 100 valence electrons. The summed E-state index contributed by atoms with van der Waals surface area (Å²) < 4.78 is 6.28. The fourth-order valence-electron chi connectivity index (χ4n) is 1.49. The predicted molar refractivity (Wildman–Crippen MR) is 83.2 cm³/mol. The molecule has 0 heterocycles. The van der Waals surface area contributed by atoms with Gasteiger partial charge < -0.3 is 4.43 Å². The van der Waals surface area contributed by atoms with E-state index in [0.29, 0.717) is 0 Å². The zero-order valence-electron chi connectivity index (χ0n) is 12.5. The summed E-state index contributed by atoms with van der Waals surface area (Å²) in [6.07, 6.45) is 4.46. The fourth-order valence-corrected chi connectivity index (χ4v) is 2.85. The fraction of sp³-hybridized carbons (Fsp3) is 0.500. The second-order valence-corrected chi connectivity index (χ2v) is 11.1. The number of hydrogen-bond donors (Lipinski definition) is 0. The van der Waals surface area contributed by atoms with E-state index in [-0.39, 0.29) is 11.1 Å². The molecule has 0 saturated carbocycles. The van der Waals surface area contributed by atoms with Crippen molar-refractivity contribution < 1.29 is 4.43 Å². The summed E-state index contributed by atoms with van der Waals surface area (Å²) in [5.41, 5.74) is 1.23. The molecule has 0 aliphatic rings. The molecule has 1 aromatic rings. The highest BCUT2D eigenvalue weighted by Gasteiger charge is 2.37. The number of hydrogen-bond acceptors (Lipinski definition) is 1. The van der Waals surface area contributed by atoms with Crippen LogP contribution in [0.15, 0.2) is 36.4 Å². The summed E-state index contributed by atoms with van der Waals surface area (Å²) in [6.45, 7) is 13.5. The first kappa shape index (κ1) is 15.2. The van der Waals surface area contributed by atoms with Gasteiger partial charge in [-0.2, -0.15) is 0 Å². The van der Waals surface area contributed by atoms with Gasteiger partial charge in [-0.25, -0.2) is 0 Å². The predicted octanol–water partition coefficient (Wildman–Crippen LogP) is 5.11. The summed E-state index contributed by atoms with van der Waals surface area (Å²) in [7, 11) is -1.66. The van der Waals surface area contributed by atoms with Gasteiger partial charge in [-0.05, 0) is 30.6 Å². The smallest absolute Gasteiger partial charge is 0.192 e. The van der Waals surface area contributed by atoms with Crippen molar-refractivity contribution in [2.24, 2.45) is 0 Å². The van der Waals surface area contributed by atoms with Gasteiger partial charge >= 0.3 is 0 Å². The van der Waals surface area contributed by atoms with E-state index >= 15 is 0 Å². The first-order valence-corrected chi connectivity index (χ1v) is 9.54. The third-order valence-corrected chi connectivity index (χ3v) is 8.22. The van der Waals surface area contributed by atoms with Crippen molar-refractivity contribution in [3.05, 3.63) is 42.0 Å². The molecule has 0 radical (unpaired) electrons. The van der Waals surface area contributed by atoms with Crippen LogP contribution in [0.3, 0.4) is 0 Å². The van der Waals surface area contributed by atoms with E-state index in [1.54, 1.807) is 0 Å². The number of rotatable bonds is 4. The molecule has 2 heteroatoms. The molecule has 0 N–H and O–H groups in total. The molecule has 0 aliphatic carbocycles. The quantitative estimate of drug-likeness (QED) is 0.685. The van der Waals surface area contributed by atoms with Gasteiger partial charge in [0.1, 0.15) is 0 Å². The molecule has 1 nitrogen and oxygen atoms in total. The summed E-state index contributed by atoms with van der Waals surface area (Å²) in [6, 6.07) is 10.4. The third-order valence-electron chi connectivity index (χ3n) is 3.65. The molecule has 0 fully saturated rings. The zero-order valence-corrected chi connectivity index (χ0v) is 13.5. The summed E-state index contributed by atoms with van der Waals surface area (Å²) in [4.78, 5) is 0. The van der Waals surface area contributed by atoms with E-state index in [4.69, 9.17) is 4.43 Å². The lowest BCUT2D eigenvalue weighted by Crippen LogP contribution is -2.42. The van der Waals surface area contributed by atoms with E-state index in [0.717, 1.165) is 0 Å². The molecule has 18 heavy (non-hydrogen) atoms. The van der Waals surface area contributed by atoms with E-state index in [2.05, 4.69) is 77.2 Å². The third kappa shape index (κ3) is 4.43. The first-order chi connectivity index (χ1) is 8.22. The molecule has 0 saturated heterocycles. The van der Waals surface area contributed by atoms with Crippen LogP contribution in [0, 0.1) is 0 Å². The Morgan fingerprint density at radius 1 is 1.11 bits per heavy atom. The van der Waals surface area contributed by atoms with Crippen molar-refractivity contribution in [3.63, 3.8) is 0 Å². The lowest BCUT2D eigenvalue weighted by Gasteiger charge is -2.37. The SMILES string of the molecule is CC(/C=C/c1ccccc1)O[Si](C)(C)C(C)(C)C. The molecule has 0 amide bonds. The maximum absolute atomic E-state index is 6.28. The Bertz CT molecular complexity index is 387. The Hall–Kier alpha value is -0.863. The normalized spacial score (nSPS) is 15.0. The lowest BCUT2D eigenvalue weighted by molar-refractivity contribution is 0.244. The van der Waals surface area contributed by atoms with Crippen molar-refractivity contribution in [1.82, 2.24) is 0 Å². The van der Waals surface area contributed by atoms with Gasteiger partial charge in [-0.15, -0.1) is 0 Å². The van der Waals surface area contributed by atoms with Crippen molar-refractivity contribution in [1.29, 1.82) is 0 Å². The standard InChI is InChI=1S/C16H26OSi/c1-14(17-18(5,6)16(2,3)4)12-13-15-10-8-7-9-11-15/h7-14H,1-6H3/b13-12+. The minimum atomic E-state index is -1.66. The van der Waals surface area contributed by atoms with Crippen LogP contribution < -0.4 is 0 Å². The van der Waals surface area contributed by atoms with Gasteiger partial charge in [0.2, 0.25) is 0 Å². The van der Waals surface area contributed by atoms with Gasteiger partial charge in [0, 0.05) is 0 Å². The van der Waals surface area contributed by atoms with Gasteiger partial charge in [-0.1, -0.05) is 63.3 Å². The summed E-state index contributed by atoms with van der Waals surface area (Å²) >= 11 is 0. The maximum Gasteiger partial charge on any atom is 0.192 e. The Balaban J connectivity index is 2.62. The van der Waals surface area contributed by atoms with Gasteiger partial charge in [-0.3, -0.25) is 0 Å². The molecule has 1 atom stereocenters. The highest BCUT2D eigenvalue weighted by Crippen LogP contribution is 2.37. The molecule has 1 aromatic carbocycles. The number of benzene rings is 1. The molecule has 1 rings (SSSR count). The van der Waals surface area contributed by atoms with Crippen LogP contribution in [-0.4, -0.2) is 14.4 Å². The molecule has 1 unspecified atom stereocenters. The van der Waals surface area contributed by atoms with E-state index < -0.39 is 8.32 Å². The first-order valence-electron chi connectivity index (χ1n) is 6.63. The van der Waals surface area contributed by atoms with Gasteiger partial charge in [0.05, 0.1) is 6.10 Å². The van der Waals surface area contributed by atoms with Gasteiger partial charge in [0.15, 0.2) is 8.32 Å². The minimum Gasteiger partial charge on any atom is -0.411 e. The van der Waals surface area contributed by atoms with Crippen LogP contribution in [0.2, 0.25) is 18.1 Å². The van der Waals surface area contributed by atoms with Crippen LogP contribution >= 0.6 is 0 Å². The van der Waals surface area contributed by atoms with Crippen LogP contribution in [0.25, 0.3) is 6.08 Å². The summed E-state index contributed by atoms with van der Waals surface area (Å²) in [5, 5.41) is 0.266. The molecule has 0 bridgehead atoms. The van der Waals surface area contributed by atoms with E-state index in [1.165, 1.54) is 5.56 Å². The maximum atomic E-state index is 6.28. The lowest BCUT2D eigenvalue weighted by atomic mass is 10.2. The Labute approximate surface area is 113 Å². The molecular weight excluding hydrogens is 236 g/mol. The van der Waals surface area contributed by atoms with Crippen molar-refractivity contribution in [2.75, 3.05) is 0 Å². The van der Waals surface area contributed by atoms with Gasteiger partial charge in [0.25, 0.3) is 0 Å². The topological polar surface area (TPSA) is 9.23 Å². The molecule has 0 aromatic heterocycles. The second kappa shape index (κ2) is 5.85. The second-order valence-electron chi connectivity index (χ2n) is 6.35. The highest BCUT2D eigenvalue weighted by atomic mass is 28.4. The highest BCUT2D eigenvalue weighted by molar-refractivity contribution is 6.74. The van der Waals surface area contributed by atoms with Crippen molar-refractivity contribution in [3.8, 4) is 0 Å². The average molecular weight is 262 g/mol. The zero-order chi connectivity index (χ0) is 13.8. The minimum absolute atomic E-state index is 0.172. The van der Waals surface area contributed by atoms with Crippen molar-refractivity contribution in [2.45, 2.75) is 51.9 Å². The van der Waals surface area contributed by atoms with Crippen LogP contribution in [0.4, 0.5) is 0 Å². The average Bonchev–Trinajstić information content (AvgIpc) is 2.26. The van der Waals surface area contributed by atoms with Crippen molar-refractivity contribution >= 4 is 14.4 Å². The monoisotopic (exact) mass is 262 g/mol. The molecular formula is C16H26OSi. The van der Waals surface area contributed by atoms with Crippen LogP contribution in [-0.2, 0) is 4.43 Å². The van der Waals surface area contributed by atoms with E-state index in [1.807, 2.05) is 6.07 Å². The molecule has 0 spiro atoms. The Morgan fingerprint density at radius 3 is 2.17 bits per heavy atom. The van der Waals surface area contributed by atoms with Crippen LogP contribution in [0.1, 0.15) is 33.3 Å². The Kier molecular flexibility index (Phi) is 4.94. The Morgan fingerprint density at radius 2 is 1.67 bits per heavy atom. The van der Waals surface area contributed by atoms with E-state index in [9.17, 15) is 0 Å². The largest absolute Gasteiger partial charge is 0.411 e. The van der Waals surface area contributed by atoms with Crippen LogP contribution in [0.5, 0.6) is 0 Å². The molecule has 0 aliphatic heterocycles.